The lowest BCUT2D eigenvalue weighted by Gasteiger charge is -2.11. The Kier molecular flexibility index (Phi) is 3.43. The van der Waals surface area contributed by atoms with Gasteiger partial charge in [0, 0.05) is 5.39 Å². The second-order valence-electron chi connectivity index (χ2n) is 4.47. The number of nitrogens with two attached hydrogens (primary N) is 1. The van der Waals surface area contributed by atoms with E-state index in [1.165, 1.54) is 6.07 Å². The van der Waals surface area contributed by atoms with Crippen molar-refractivity contribution in [2.24, 2.45) is 5.84 Å². The Balaban J connectivity index is 2.67. The third-order valence-electron chi connectivity index (χ3n) is 2.90. The van der Waals surface area contributed by atoms with E-state index in [-0.39, 0.29) is 5.69 Å². The molecule has 0 fully saturated rings. The van der Waals surface area contributed by atoms with Gasteiger partial charge in [-0.1, -0.05) is 19.9 Å². The number of benzene rings is 1. The molecule has 0 radical (unpaired) electrons. The normalized spacial score (nSPS) is 11.5. The fraction of sp³-hybridized carbons (Fsp3) is 0.308. The van der Waals surface area contributed by atoms with Gasteiger partial charge in [0.05, 0.1) is 11.2 Å². The molecule has 3 nitrogen and oxygen atoms in total. The van der Waals surface area contributed by atoms with E-state index < -0.39 is 6.43 Å². The first-order valence-corrected chi connectivity index (χ1v) is 5.72. The zero-order valence-corrected chi connectivity index (χ0v) is 10.2. The number of fused-ring (bicyclic) bond motifs is 1. The smallest absolute Gasteiger partial charge is 0.280 e. The zero-order valence-electron chi connectivity index (χ0n) is 10.2. The summed E-state index contributed by atoms with van der Waals surface area (Å²) in [5.74, 6) is 5.74. The summed E-state index contributed by atoms with van der Waals surface area (Å²) < 4.78 is 25.4. The van der Waals surface area contributed by atoms with E-state index in [9.17, 15) is 8.78 Å². The molecule has 0 aliphatic heterocycles. The summed E-state index contributed by atoms with van der Waals surface area (Å²) in [4.78, 5) is 3.94. The van der Waals surface area contributed by atoms with Gasteiger partial charge in [-0.25, -0.2) is 13.8 Å². The predicted molar refractivity (Wildman–Crippen MR) is 68.6 cm³/mol. The van der Waals surface area contributed by atoms with Gasteiger partial charge in [-0.3, -0.25) is 5.84 Å². The zero-order chi connectivity index (χ0) is 13.3. The van der Waals surface area contributed by atoms with Crippen molar-refractivity contribution in [3.8, 4) is 0 Å². The fourth-order valence-corrected chi connectivity index (χ4v) is 1.85. The molecule has 0 spiro atoms. The molecule has 0 aliphatic carbocycles. The van der Waals surface area contributed by atoms with E-state index in [1.807, 2.05) is 12.1 Å². The highest BCUT2D eigenvalue weighted by Gasteiger charge is 2.13. The van der Waals surface area contributed by atoms with Crippen LogP contribution in [0.4, 0.5) is 14.5 Å². The average Bonchev–Trinajstić information content (AvgIpc) is 2.36. The van der Waals surface area contributed by atoms with E-state index in [4.69, 9.17) is 5.84 Å². The van der Waals surface area contributed by atoms with Gasteiger partial charge in [0.25, 0.3) is 6.43 Å². The molecule has 2 rings (SSSR count). The van der Waals surface area contributed by atoms with Crippen molar-refractivity contribution in [1.82, 2.24) is 4.98 Å². The van der Waals surface area contributed by atoms with Crippen LogP contribution >= 0.6 is 0 Å². The SMILES string of the molecule is CC(C)c1ccc2nc(C(F)F)cc(NN)c2c1. The summed E-state index contributed by atoms with van der Waals surface area (Å²) in [6.07, 6.45) is -2.61. The Bertz CT molecular complexity index is 567. The highest BCUT2D eigenvalue weighted by Crippen LogP contribution is 2.29. The van der Waals surface area contributed by atoms with Crippen molar-refractivity contribution >= 4 is 16.6 Å². The Morgan fingerprint density at radius 1 is 1.22 bits per heavy atom. The van der Waals surface area contributed by atoms with E-state index in [2.05, 4.69) is 24.3 Å². The number of aromatic nitrogens is 1. The second kappa shape index (κ2) is 4.86. The number of rotatable bonds is 3. The number of nitrogens with zero attached hydrogens (tertiary/aromatic N) is 1. The summed E-state index contributed by atoms with van der Waals surface area (Å²) in [7, 11) is 0. The minimum atomic E-state index is -2.61. The molecular formula is C13H15F2N3. The van der Waals surface area contributed by atoms with Gasteiger partial charge >= 0.3 is 0 Å². The summed E-state index contributed by atoms with van der Waals surface area (Å²) in [5.41, 5.74) is 4.29. The average molecular weight is 251 g/mol. The van der Waals surface area contributed by atoms with Crippen LogP contribution in [0.2, 0.25) is 0 Å². The Morgan fingerprint density at radius 3 is 2.50 bits per heavy atom. The van der Waals surface area contributed by atoms with E-state index >= 15 is 0 Å². The largest absolute Gasteiger partial charge is 0.323 e. The Labute approximate surface area is 104 Å². The van der Waals surface area contributed by atoms with Crippen LogP contribution in [0.25, 0.3) is 10.9 Å². The number of pyridine rings is 1. The summed E-state index contributed by atoms with van der Waals surface area (Å²) in [6, 6.07) is 6.86. The molecule has 0 amide bonds. The van der Waals surface area contributed by atoms with Gasteiger partial charge < -0.3 is 5.43 Å². The van der Waals surface area contributed by atoms with Gasteiger partial charge in [0.1, 0.15) is 5.69 Å². The van der Waals surface area contributed by atoms with E-state index in [0.29, 0.717) is 17.1 Å². The van der Waals surface area contributed by atoms with E-state index in [0.717, 1.165) is 10.9 Å². The monoisotopic (exact) mass is 251 g/mol. The number of nitrogen functional groups attached to an aromatic ring is 1. The van der Waals surface area contributed by atoms with Gasteiger partial charge in [0.2, 0.25) is 0 Å². The summed E-state index contributed by atoms with van der Waals surface area (Å²) in [5, 5.41) is 0.758. The molecule has 0 atom stereocenters. The van der Waals surface area contributed by atoms with Crippen molar-refractivity contribution in [3.05, 3.63) is 35.5 Å². The van der Waals surface area contributed by atoms with Gasteiger partial charge in [0.15, 0.2) is 0 Å². The molecule has 0 aliphatic rings. The third kappa shape index (κ3) is 2.26. The van der Waals surface area contributed by atoms with Crippen molar-refractivity contribution in [3.63, 3.8) is 0 Å². The molecule has 96 valence electrons. The maximum absolute atomic E-state index is 12.7. The van der Waals surface area contributed by atoms with Gasteiger partial charge in [-0.2, -0.15) is 0 Å². The minimum absolute atomic E-state index is 0.271. The van der Waals surface area contributed by atoms with Gasteiger partial charge in [-0.05, 0) is 29.7 Å². The maximum Gasteiger partial charge on any atom is 0.280 e. The lowest BCUT2D eigenvalue weighted by molar-refractivity contribution is 0.146. The lowest BCUT2D eigenvalue weighted by atomic mass is 10.0. The Hall–Kier alpha value is -1.75. The first-order valence-electron chi connectivity index (χ1n) is 5.72. The van der Waals surface area contributed by atoms with Crippen LogP contribution in [0.1, 0.15) is 37.4 Å². The van der Waals surface area contributed by atoms with Crippen LogP contribution in [0.15, 0.2) is 24.3 Å². The van der Waals surface area contributed by atoms with E-state index in [1.54, 1.807) is 6.07 Å². The van der Waals surface area contributed by atoms with Crippen LogP contribution in [0, 0.1) is 0 Å². The summed E-state index contributed by atoms with van der Waals surface area (Å²) >= 11 is 0. The number of alkyl halides is 2. The molecular weight excluding hydrogens is 236 g/mol. The molecule has 1 heterocycles. The number of hydrazine groups is 1. The number of anilines is 1. The first kappa shape index (κ1) is 12.7. The molecule has 0 unspecified atom stereocenters. The third-order valence-corrected chi connectivity index (χ3v) is 2.90. The maximum atomic E-state index is 12.7. The van der Waals surface area contributed by atoms with Crippen LogP contribution in [-0.2, 0) is 0 Å². The predicted octanol–water partition coefficient (Wildman–Crippen LogP) is 3.58. The molecule has 18 heavy (non-hydrogen) atoms. The lowest BCUT2D eigenvalue weighted by Crippen LogP contribution is -2.09. The van der Waals surface area contributed by atoms with Crippen LogP contribution < -0.4 is 11.3 Å². The highest BCUT2D eigenvalue weighted by atomic mass is 19.3. The molecule has 2 aromatic rings. The molecule has 0 bridgehead atoms. The van der Waals surface area contributed by atoms with Crippen molar-refractivity contribution in [1.29, 1.82) is 0 Å². The van der Waals surface area contributed by atoms with Crippen molar-refractivity contribution in [2.75, 3.05) is 5.43 Å². The molecule has 3 N–H and O–H groups in total. The fourth-order valence-electron chi connectivity index (χ4n) is 1.85. The van der Waals surface area contributed by atoms with Crippen LogP contribution in [-0.4, -0.2) is 4.98 Å². The number of halogens is 2. The van der Waals surface area contributed by atoms with Gasteiger partial charge in [-0.15, -0.1) is 0 Å². The van der Waals surface area contributed by atoms with Crippen LogP contribution in [0.5, 0.6) is 0 Å². The Morgan fingerprint density at radius 2 is 1.94 bits per heavy atom. The summed E-state index contributed by atoms with van der Waals surface area (Å²) in [6.45, 7) is 4.13. The molecule has 0 saturated heterocycles. The molecule has 1 aromatic carbocycles. The highest BCUT2D eigenvalue weighted by molar-refractivity contribution is 5.91. The molecule has 5 heteroatoms. The number of nitrogens with one attached hydrogen (secondary N) is 1. The molecule has 1 aromatic heterocycles. The van der Waals surface area contributed by atoms with Crippen LogP contribution in [0.3, 0.4) is 0 Å². The number of hydrogen-bond acceptors (Lipinski definition) is 3. The van der Waals surface area contributed by atoms with Crippen molar-refractivity contribution in [2.45, 2.75) is 26.2 Å². The van der Waals surface area contributed by atoms with Crippen molar-refractivity contribution < 1.29 is 8.78 Å². The quantitative estimate of drug-likeness (QED) is 0.647. The first-order chi connectivity index (χ1) is 8.52. The number of hydrogen-bond donors (Lipinski definition) is 2. The minimum Gasteiger partial charge on any atom is -0.323 e. The second-order valence-corrected chi connectivity index (χ2v) is 4.47. The molecule has 0 saturated carbocycles. The topological polar surface area (TPSA) is 50.9 Å². The standard InChI is InChI=1S/C13H15F2N3/c1-7(2)8-3-4-10-9(5-8)11(18-16)6-12(17-10)13(14)15/h3-7,13H,16H2,1-2H3,(H,17,18).